The molecular formula is C126H131Cl2N13O3S4. The van der Waals surface area contributed by atoms with Crippen LogP contribution in [0.3, 0.4) is 0 Å². The molecule has 0 spiro atoms. The molecular weight excluding hydrogens is 1940 g/mol. The normalized spacial score (nSPS) is 14.8. The van der Waals surface area contributed by atoms with Crippen LogP contribution in [0.4, 0.5) is 73.9 Å². The summed E-state index contributed by atoms with van der Waals surface area (Å²) in [6.07, 6.45) is 3.06. The molecule has 8 aliphatic heterocycles. The molecule has 148 heavy (non-hydrogen) atoms. The van der Waals surface area contributed by atoms with Crippen LogP contribution in [-0.4, -0.2) is 125 Å². The van der Waals surface area contributed by atoms with Crippen molar-refractivity contribution < 1.29 is 14.3 Å². The van der Waals surface area contributed by atoms with Crippen LogP contribution in [0, 0.1) is 6.92 Å². The van der Waals surface area contributed by atoms with Crippen molar-refractivity contribution in [3.05, 3.63) is 399 Å². The average Bonchev–Trinajstić information content (AvgIpc) is 1.30. The Morgan fingerprint density at radius 3 is 1.38 bits per heavy atom. The zero-order valence-electron chi connectivity index (χ0n) is 87.4. The Kier molecular flexibility index (Phi) is 32.5. The molecule has 14 aromatic carbocycles. The number of carbonyl (C=O) groups excluding carboxylic acids is 1. The molecule has 0 saturated carbocycles. The number of aliphatic imine (C=N–C) groups is 1. The highest BCUT2D eigenvalue weighted by Gasteiger charge is 2.38. The number of likely N-dealkylation sites (tertiary alicyclic amines) is 1. The van der Waals surface area contributed by atoms with E-state index in [1.54, 1.807) is 30.2 Å². The average molecular weight is 2070 g/mol. The minimum atomic E-state index is 0.138. The number of halogens is 2. The van der Waals surface area contributed by atoms with E-state index in [4.69, 9.17) is 37.7 Å². The molecule has 0 atom stereocenters. The maximum Gasteiger partial charge on any atom is 0.257 e. The summed E-state index contributed by atoms with van der Waals surface area (Å²) in [5, 5.41) is 13.0. The zero-order valence-corrected chi connectivity index (χ0v) is 92.2. The summed E-state index contributed by atoms with van der Waals surface area (Å²) in [7, 11) is 5.90. The molecule has 2 fully saturated rings. The number of piperazine rings is 1. The molecule has 756 valence electrons. The number of rotatable bonds is 13. The monoisotopic (exact) mass is 2070 g/mol. The summed E-state index contributed by atoms with van der Waals surface area (Å²) in [5.41, 5.74) is 26.9. The number of amidine groups is 1. The van der Waals surface area contributed by atoms with Gasteiger partial charge in [0.1, 0.15) is 33.8 Å². The van der Waals surface area contributed by atoms with Gasteiger partial charge in [-0.2, -0.15) is 0 Å². The first-order chi connectivity index (χ1) is 71.7. The van der Waals surface area contributed by atoms with Crippen LogP contribution in [0.25, 0.3) is 5.00 Å². The number of benzene rings is 14. The third-order valence-electron chi connectivity index (χ3n) is 28.7. The number of para-hydroxylation sites is 6. The minimum absolute atomic E-state index is 0.138. The summed E-state index contributed by atoms with van der Waals surface area (Å²) in [6.45, 7) is 36.3. The minimum Gasteiger partial charge on any atom is -0.497 e. The summed E-state index contributed by atoms with van der Waals surface area (Å²) in [6, 6.07) is 115. The van der Waals surface area contributed by atoms with Gasteiger partial charge in [0.2, 0.25) is 0 Å². The molecule has 0 N–H and O–H groups in total. The Morgan fingerprint density at radius 2 is 0.851 bits per heavy atom. The summed E-state index contributed by atoms with van der Waals surface area (Å²) < 4.78 is 13.6. The number of hydrogen-bond acceptors (Lipinski definition) is 18. The number of hydrogen-bond donors (Lipinski definition) is 0. The van der Waals surface area contributed by atoms with E-state index in [0.717, 1.165) is 138 Å². The quantitative estimate of drug-likeness (QED) is 0.109. The lowest BCUT2D eigenvalue weighted by molar-refractivity contribution is 0.0518. The van der Waals surface area contributed by atoms with Crippen molar-refractivity contribution in [2.24, 2.45) is 4.99 Å². The first-order valence-electron chi connectivity index (χ1n) is 51.7. The highest BCUT2D eigenvalue weighted by atomic mass is 35.5. The van der Waals surface area contributed by atoms with Gasteiger partial charge >= 0.3 is 0 Å². The van der Waals surface area contributed by atoms with E-state index in [2.05, 4.69) is 407 Å². The second-order valence-electron chi connectivity index (χ2n) is 40.5. The molecule has 0 unspecified atom stereocenters. The van der Waals surface area contributed by atoms with Gasteiger partial charge < -0.3 is 48.7 Å². The third-order valence-corrected chi connectivity index (χ3v) is 33.5. The highest BCUT2D eigenvalue weighted by Crippen LogP contribution is 2.57. The van der Waals surface area contributed by atoms with Crippen LogP contribution in [0.1, 0.15) is 186 Å². The van der Waals surface area contributed by atoms with Crippen molar-refractivity contribution in [1.82, 2.24) is 34.4 Å². The smallest absolute Gasteiger partial charge is 0.257 e. The zero-order chi connectivity index (χ0) is 103. The second-order valence-corrected chi connectivity index (χ2v) is 45.6. The molecule has 16 nitrogen and oxygen atoms in total. The van der Waals surface area contributed by atoms with Gasteiger partial charge in [0.15, 0.2) is 11.6 Å². The fraction of sp³-hybridized carbons (Fsp3) is 0.270. The van der Waals surface area contributed by atoms with Crippen molar-refractivity contribution in [3.63, 3.8) is 0 Å². The Balaban J connectivity index is 0.000000112. The molecule has 24 rings (SSSR count). The van der Waals surface area contributed by atoms with Gasteiger partial charge in [-0.3, -0.25) is 14.3 Å². The SMILES string of the molecule is CC(C)N1CCN(C2=Nc3ccccc3Oc3ccc(Cl)cc32)CC1.CC(C)c1ccc(N2Cc3ccccc3Cc3ccccc32)cc1.CC(C)c1ccc(N2c3ccccc3Sc3ccc(Cl)cc32)cc1.CC(C)c1ccc(N2c3ccccc3Sc3ccc(N(C)C)cc32)cc1.COc1ccc2c(c1)N(c1ccc(C(C)C)cc1)c1ccccc1S2.Cc1nnc2n1-c1sccc1C(=O)N(C1CCN(C(C)C)CC1)C2. The molecule has 22 heteroatoms. The van der Waals surface area contributed by atoms with Crippen molar-refractivity contribution in [1.29, 1.82) is 0 Å². The Bertz CT molecular complexity index is 7390. The van der Waals surface area contributed by atoms with E-state index in [0.29, 0.717) is 47.3 Å². The van der Waals surface area contributed by atoms with Crippen LogP contribution in [0.15, 0.2) is 361 Å². The molecule has 0 aliphatic carbocycles. The van der Waals surface area contributed by atoms with E-state index in [9.17, 15) is 4.79 Å². The lowest BCUT2D eigenvalue weighted by atomic mass is 10.0. The second kappa shape index (κ2) is 46.4. The number of ether oxygens (including phenoxy) is 2. The first-order valence-corrected chi connectivity index (χ1v) is 55.8. The first kappa shape index (κ1) is 104. The fourth-order valence-corrected chi connectivity index (χ4v) is 24.6. The molecule has 2 saturated heterocycles. The fourth-order valence-electron chi connectivity index (χ4n) is 20.2. The number of aromatic nitrogens is 3. The number of anilines is 12. The maximum absolute atomic E-state index is 13.1. The van der Waals surface area contributed by atoms with Gasteiger partial charge in [-0.05, 0) is 298 Å². The molecule has 8 aliphatic rings. The van der Waals surface area contributed by atoms with Gasteiger partial charge in [-0.1, -0.05) is 253 Å². The number of fused-ring (bicyclic) bond motifs is 13. The van der Waals surface area contributed by atoms with E-state index >= 15 is 0 Å². The predicted octanol–water partition coefficient (Wildman–Crippen LogP) is 34.0. The van der Waals surface area contributed by atoms with Crippen LogP contribution >= 0.6 is 69.8 Å². The topological polar surface area (TPSA) is 108 Å². The van der Waals surface area contributed by atoms with Crippen molar-refractivity contribution in [2.45, 2.75) is 194 Å². The number of piperidine rings is 1. The standard InChI is InChI=1S/C23H24N2S.C23H23N.C22H21NOS.C21H18ClNS.C20H22ClN3O.C17H23N5OS/c1-16(2)17-9-11-18(12-10-17)25-20-7-5-6-8-22(20)26-23-14-13-19(24(3)4)15-21(23)25;1-17(2)18-11-13-22(14-12-18)24-16-21-9-4-3-7-19(21)15-20-8-5-6-10-23(20)24;1-15(2)16-8-10-17(11-9-16)23-19-6-4-5-7-21(19)25-22-13-12-18(24-3)14-20(22)23;1-14(2)15-7-10-17(11-8-15)23-18-5-3-4-6-20(18)24-21-12-9-16(22)13-19(21)23;1-14(2)23-9-11-24(12-10-23)20-16-13-15(21)7-8-18(16)25-19-6-4-3-5-17(19)22-20;1-11(2)20-7-4-13(5-8-20)21-10-15-19-18-12(3)22(15)17-14(16(21)23)6-9-24-17/h5-16H,1-4H3;3-14,17H,15-16H2,1-2H3;4-15H,1-3H3;3-14H,1-2H3;3-8,13-14H,9-12H2,1-2H3;6,9,11,13H,4-5,7-8,10H2,1-3H3. The van der Waals surface area contributed by atoms with E-state index in [1.165, 1.54) is 125 Å². The van der Waals surface area contributed by atoms with Crippen LogP contribution in [0.2, 0.25) is 10.0 Å². The number of methoxy groups -OCH3 is 1. The number of aryl methyl sites for hydroxylation is 1. The van der Waals surface area contributed by atoms with Crippen molar-refractivity contribution >= 4 is 156 Å². The molecule has 2 aromatic heterocycles. The predicted molar refractivity (Wildman–Crippen MR) is 622 cm³/mol. The highest BCUT2D eigenvalue weighted by molar-refractivity contribution is 8.00. The van der Waals surface area contributed by atoms with Crippen molar-refractivity contribution in [2.75, 3.05) is 85.0 Å². The Hall–Kier alpha value is -13.0. The van der Waals surface area contributed by atoms with Gasteiger partial charge in [-0.25, -0.2) is 4.99 Å². The summed E-state index contributed by atoms with van der Waals surface area (Å²) in [4.78, 5) is 46.7. The number of amides is 1. The molecule has 1 amide bonds. The lowest BCUT2D eigenvalue weighted by Gasteiger charge is -2.39. The third kappa shape index (κ3) is 22.9. The van der Waals surface area contributed by atoms with Gasteiger partial charge in [0.05, 0.1) is 58.9 Å². The molecule has 0 radical (unpaired) electrons. The Morgan fingerprint density at radius 1 is 0.405 bits per heavy atom. The van der Waals surface area contributed by atoms with E-state index in [1.807, 2.05) is 106 Å². The summed E-state index contributed by atoms with van der Waals surface area (Å²) in [5.74, 6) is 7.44. The van der Waals surface area contributed by atoms with Crippen LogP contribution in [-0.2, 0) is 19.5 Å². The largest absolute Gasteiger partial charge is 0.497 e. The van der Waals surface area contributed by atoms with Gasteiger partial charge in [0.25, 0.3) is 5.91 Å². The lowest BCUT2D eigenvalue weighted by Crippen LogP contribution is -2.50. The molecule has 10 heterocycles. The molecule has 0 bridgehead atoms. The number of carbonyl (C=O) groups is 1. The van der Waals surface area contributed by atoms with E-state index in [-0.39, 0.29) is 11.9 Å². The Labute approximate surface area is 901 Å². The summed E-state index contributed by atoms with van der Waals surface area (Å²) >= 11 is 19.6. The van der Waals surface area contributed by atoms with Gasteiger partial charge in [0, 0.05) is 158 Å². The van der Waals surface area contributed by atoms with Gasteiger partial charge in [-0.15, -0.1) is 21.5 Å². The molecule has 16 aromatic rings. The maximum atomic E-state index is 13.1. The van der Waals surface area contributed by atoms with Crippen molar-refractivity contribution in [3.8, 4) is 22.2 Å². The van der Waals surface area contributed by atoms with Crippen LogP contribution < -0.4 is 34.0 Å². The van der Waals surface area contributed by atoms with E-state index < -0.39 is 0 Å². The number of thiophene rings is 1. The van der Waals surface area contributed by atoms with Crippen LogP contribution in [0.5, 0.6) is 17.2 Å². The number of nitrogens with zero attached hydrogens (tertiary/aromatic N) is 13.